The number of hydrogen-bond donors (Lipinski definition) is 0. The van der Waals surface area contributed by atoms with Gasteiger partial charge in [0.15, 0.2) is 0 Å². The number of esters is 2. The van der Waals surface area contributed by atoms with Gasteiger partial charge in [-0.05, 0) is 20.3 Å². The fraction of sp³-hybridized carbons (Fsp3) is 0.615. The Balaban J connectivity index is 3.27. The first kappa shape index (κ1) is 14.4. The van der Waals surface area contributed by atoms with Gasteiger partial charge < -0.3 is 9.47 Å². The quantitative estimate of drug-likeness (QED) is 0.718. The van der Waals surface area contributed by atoms with Crippen molar-refractivity contribution >= 4 is 17.7 Å². The molecule has 0 N–H and O–H groups in total. The van der Waals surface area contributed by atoms with Crippen LogP contribution in [0, 0.1) is 11.8 Å². The lowest BCUT2D eigenvalue weighted by molar-refractivity contribution is -0.144. The van der Waals surface area contributed by atoms with Crippen LogP contribution in [0.2, 0.25) is 0 Å². The van der Waals surface area contributed by atoms with Gasteiger partial charge in [0.1, 0.15) is 5.92 Å². The Morgan fingerprint density at radius 2 is 1.83 bits per heavy atom. The average Bonchev–Trinajstić information content (AvgIpc) is 2.36. The van der Waals surface area contributed by atoms with Crippen molar-refractivity contribution < 1.29 is 19.1 Å². The van der Waals surface area contributed by atoms with E-state index in [1.807, 2.05) is 6.92 Å². The van der Waals surface area contributed by atoms with Crippen molar-refractivity contribution in [3.63, 3.8) is 0 Å². The molecule has 0 aromatic carbocycles. The van der Waals surface area contributed by atoms with Crippen molar-refractivity contribution in [1.29, 1.82) is 0 Å². The molecule has 0 amide bonds. The Labute approximate surface area is 107 Å². The molecule has 18 heavy (non-hydrogen) atoms. The molecule has 0 radical (unpaired) electrons. The van der Waals surface area contributed by atoms with Crippen LogP contribution >= 0.6 is 0 Å². The highest BCUT2D eigenvalue weighted by Gasteiger charge is 2.39. The van der Waals surface area contributed by atoms with Gasteiger partial charge in [-0.3, -0.25) is 9.79 Å². The first-order valence-corrected chi connectivity index (χ1v) is 5.89. The molecule has 5 nitrogen and oxygen atoms in total. The summed E-state index contributed by atoms with van der Waals surface area (Å²) in [5, 5.41) is 0. The lowest BCUT2D eigenvalue weighted by Crippen LogP contribution is -2.37. The van der Waals surface area contributed by atoms with E-state index in [0.717, 1.165) is 0 Å². The Morgan fingerprint density at radius 3 is 2.28 bits per heavy atom. The molecule has 5 heteroatoms. The third kappa shape index (κ3) is 2.44. The predicted molar refractivity (Wildman–Crippen MR) is 67.1 cm³/mol. The Hall–Kier alpha value is -1.65. The van der Waals surface area contributed by atoms with E-state index in [-0.39, 0.29) is 11.9 Å². The highest BCUT2D eigenvalue weighted by molar-refractivity contribution is 6.05. The summed E-state index contributed by atoms with van der Waals surface area (Å²) in [6, 6.07) is 0. The van der Waals surface area contributed by atoms with Crippen molar-refractivity contribution in [2.75, 3.05) is 14.2 Å². The Kier molecular flexibility index (Phi) is 4.64. The smallest absolute Gasteiger partial charge is 0.335 e. The number of ether oxygens (including phenoxy) is 2. The minimum absolute atomic E-state index is 0.234. The molecular weight excluding hydrogens is 234 g/mol. The summed E-state index contributed by atoms with van der Waals surface area (Å²) >= 11 is 0. The molecule has 0 aromatic heterocycles. The van der Waals surface area contributed by atoms with Gasteiger partial charge in [0.25, 0.3) is 0 Å². The first-order chi connectivity index (χ1) is 8.47. The van der Waals surface area contributed by atoms with E-state index in [1.54, 1.807) is 13.8 Å². The SMILES string of the molecule is CCC1C(C(=O)OC)=C(C)N=C(C)C1C(=O)OC. The van der Waals surface area contributed by atoms with E-state index in [1.165, 1.54) is 14.2 Å². The Morgan fingerprint density at radius 1 is 1.22 bits per heavy atom. The van der Waals surface area contributed by atoms with Crippen LogP contribution in [-0.4, -0.2) is 31.9 Å². The van der Waals surface area contributed by atoms with Crippen LogP contribution in [0.5, 0.6) is 0 Å². The third-order valence-electron chi connectivity index (χ3n) is 3.26. The highest BCUT2D eigenvalue weighted by atomic mass is 16.5. The van der Waals surface area contributed by atoms with Crippen molar-refractivity contribution in [1.82, 2.24) is 0 Å². The molecule has 1 rings (SSSR count). The molecule has 1 aliphatic heterocycles. The van der Waals surface area contributed by atoms with Crippen LogP contribution in [-0.2, 0) is 19.1 Å². The summed E-state index contributed by atoms with van der Waals surface area (Å²) in [4.78, 5) is 27.9. The average molecular weight is 253 g/mol. The maximum absolute atomic E-state index is 11.8. The van der Waals surface area contributed by atoms with Crippen LogP contribution in [0.3, 0.4) is 0 Å². The molecule has 0 spiro atoms. The largest absolute Gasteiger partial charge is 0.468 e. The molecule has 1 aliphatic rings. The predicted octanol–water partition coefficient (Wildman–Crippen LogP) is 1.72. The summed E-state index contributed by atoms with van der Waals surface area (Å²) in [6.07, 6.45) is 0.647. The molecular formula is C13H19NO4. The molecule has 1 heterocycles. The van der Waals surface area contributed by atoms with Gasteiger partial charge >= 0.3 is 11.9 Å². The van der Waals surface area contributed by atoms with Gasteiger partial charge in [-0.15, -0.1) is 0 Å². The molecule has 2 unspecified atom stereocenters. The van der Waals surface area contributed by atoms with E-state index in [4.69, 9.17) is 9.47 Å². The minimum Gasteiger partial charge on any atom is -0.468 e. The van der Waals surface area contributed by atoms with Crippen LogP contribution in [0.25, 0.3) is 0 Å². The van der Waals surface area contributed by atoms with Crippen LogP contribution in [0.4, 0.5) is 0 Å². The van der Waals surface area contributed by atoms with Crippen molar-refractivity contribution in [2.45, 2.75) is 27.2 Å². The molecule has 2 atom stereocenters. The summed E-state index contributed by atoms with van der Waals surface area (Å²) < 4.78 is 9.57. The van der Waals surface area contributed by atoms with E-state index in [0.29, 0.717) is 23.4 Å². The second-order valence-corrected chi connectivity index (χ2v) is 4.26. The van der Waals surface area contributed by atoms with Gasteiger partial charge in [-0.2, -0.15) is 0 Å². The van der Waals surface area contributed by atoms with Crippen LogP contribution < -0.4 is 0 Å². The standard InChI is InChI=1S/C13H19NO4/c1-6-9-10(12(15)17-4)7(2)14-8(3)11(9)13(16)18-5/h9-10H,6H2,1-5H3. The summed E-state index contributed by atoms with van der Waals surface area (Å²) in [5.74, 6) is -1.53. The molecule has 0 bridgehead atoms. The van der Waals surface area contributed by atoms with E-state index >= 15 is 0 Å². The zero-order chi connectivity index (χ0) is 13.9. The number of aliphatic imine (C=N–C) groups is 1. The number of carbonyl (C=O) groups excluding carboxylic acids is 2. The monoisotopic (exact) mass is 253 g/mol. The maximum atomic E-state index is 11.8. The van der Waals surface area contributed by atoms with Gasteiger partial charge in [0.2, 0.25) is 0 Å². The second kappa shape index (κ2) is 5.80. The molecule has 0 saturated carbocycles. The van der Waals surface area contributed by atoms with Gasteiger partial charge in [0, 0.05) is 17.3 Å². The fourth-order valence-corrected chi connectivity index (χ4v) is 2.43. The number of allylic oxidation sites excluding steroid dienone is 1. The molecule has 0 fully saturated rings. The topological polar surface area (TPSA) is 65.0 Å². The van der Waals surface area contributed by atoms with Gasteiger partial charge in [0.05, 0.1) is 19.8 Å². The molecule has 100 valence electrons. The molecule has 0 saturated heterocycles. The first-order valence-electron chi connectivity index (χ1n) is 5.89. The number of nitrogens with zero attached hydrogens (tertiary/aromatic N) is 1. The van der Waals surface area contributed by atoms with Crippen molar-refractivity contribution in [2.24, 2.45) is 16.8 Å². The van der Waals surface area contributed by atoms with Gasteiger partial charge in [-0.25, -0.2) is 4.79 Å². The van der Waals surface area contributed by atoms with Gasteiger partial charge in [-0.1, -0.05) is 6.92 Å². The van der Waals surface area contributed by atoms with Crippen LogP contribution in [0.15, 0.2) is 16.3 Å². The fourth-order valence-electron chi connectivity index (χ4n) is 2.43. The second-order valence-electron chi connectivity index (χ2n) is 4.26. The van der Waals surface area contributed by atoms with Crippen molar-refractivity contribution in [3.8, 4) is 0 Å². The van der Waals surface area contributed by atoms with E-state index < -0.39 is 11.9 Å². The summed E-state index contributed by atoms with van der Waals surface area (Å²) in [6.45, 7) is 5.46. The minimum atomic E-state index is -0.502. The highest BCUT2D eigenvalue weighted by Crippen LogP contribution is 2.34. The third-order valence-corrected chi connectivity index (χ3v) is 3.26. The van der Waals surface area contributed by atoms with E-state index in [9.17, 15) is 9.59 Å². The van der Waals surface area contributed by atoms with E-state index in [2.05, 4.69) is 4.99 Å². The lowest BCUT2D eigenvalue weighted by atomic mass is 9.78. The lowest BCUT2D eigenvalue weighted by Gasteiger charge is -2.29. The summed E-state index contributed by atoms with van der Waals surface area (Å²) in [5.41, 5.74) is 1.77. The zero-order valence-corrected chi connectivity index (χ0v) is 11.4. The number of methoxy groups -OCH3 is 2. The normalized spacial score (nSPS) is 23.5. The molecule has 0 aromatic rings. The molecule has 0 aliphatic carbocycles. The number of carbonyl (C=O) groups is 2. The zero-order valence-electron chi connectivity index (χ0n) is 11.4. The number of hydrogen-bond acceptors (Lipinski definition) is 5. The Bertz CT molecular complexity index is 423. The van der Waals surface area contributed by atoms with Crippen LogP contribution in [0.1, 0.15) is 27.2 Å². The number of rotatable bonds is 3. The summed E-state index contributed by atoms with van der Waals surface area (Å²) in [7, 11) is 2.67. The maximum Gasteiger partial charge on any atom is 0.335 e. The van der Waals surface area contributed by atoms with Crippen molar-refractivity contribution in [3.05, 3.63) is 11.3 Å².